The summed E-state index contributed by atoms with van der Waals surface area (Å²) in [5.74, 6) is 0. The zero-order chi connectivity index (χ0) is 19.8. The topological polar surface area (TPSA) is 40.7 Å². The van der Waals surface area contributed by atoms with Gasteiger partial charge < -0.3 is 10.3 Å². The second-order valence-corrected chi connectivity index (χ2v) is 9.27. The number of aromatic nitrogens is 2. The molecule has 1 aromatic heterocycles. The van der Waals surface area contributed by atoms with Gasteiger partial charge in [-0.1, -0.05) is 56.3 Å². The molecule has 0 bridgehead atoms. The molecule has 5 rings (SSSR count). The molecule has 0 saturated heterocycles. The van der Waals surface area contributed by atoms with Gasteiger partial charge in [0.25, 0.3) is 0 Å². The van der Waals surface area contributed by atoms with Crippen LogP contribution in [0.15, 0.2) is 60.9 Å². The van der Waals surface area contributed by atoms with Crippen LogP contribution in [0.4, 0.5) is 0 Å². The van der Waals surface area contributed by atoms with Crippen molar-refractivity contribution in [2.75, 3.05) is 0 Å². The van der Waals surface area contributed by atoms with Crippen molar-refractivity contribution in [3.63, 3.8) is 0 Å². The molecule has 1 aliphatic rings. The van der Waals surface area contributed by atoms with Crippen LogP contribution in [-0.2, 0) is 6.54 Å². The highest BCUT2D eigenvalue weighted by atomic mass is 14.9. The molecule has 3 heteroatoms. The van der Waals surface area contributed by atoms with E-state index in [0.717, 1.165) is 17.6 Å². The minimum absolute atomic E-state index is 0.516. The number of nitrogens with one attached hydrogen (secondary N) is 2. The summed E-state index contributed by atoms with van der Waals surface area (Å²) in [5, 5.41) is 6.50. The van der Waals surface area contributed by atoms with Crippen LogP contribution in [0, 0.1) is 5.41 Å². The largest absolute Gasteiger partial charge is 0.345 e. The Morgan fingerprint density at radius 2 is 1.79 bits per heavy atom. The van der Waals surface area contributed by atoms with Gasteiger partial charge in [0, 0.05) is 12.6 Å². The van der Waals surface area contributed by atoms with E-state index in [1.807, 2.05) is 0 Å². The fourth-order valence-corrected chi connectivity index (χ4v) is 4.73. The Hall–Kier alpha value is -2.65. The van der Waals surface area contributed by atoms with Gasteiger partial charge in [-0.3, -0.25) is 0 Å². The lowest BCUT2D eigenvalue weighted by atomic mass is 9.75. The first-order valence-corrected chi connectivity index (χ1v) is 10.8. The maximum absolute atomic E-state index is 4.34. The van der Waals surface area contributed by atoms with Crippen molar-refractivity contribution in [1.29, 1.82) is 0 Å². The lowest BCUT2D eigenvalue weighted by Crippen LogP contribution is -2.35. The van der Waals surface area contributed by atoms with Crippen molar-refractivity contribution < 1.29 is 0 Å². The van der Waals surface area contributed by atoms with E-state index in [9.17, 15) is 0 Å². The van der Waals surface area contributed by atoms with E-state index in [1.165, 1.54) is 53.1 Å². The van der Waals surface area contributed by atoms with E-state index < -0.39 is 0 Å². The van der Waals surface area contributed by atoms with Gasteiger partial charge in [0.2, 0.25) is 0 Å². The van der Waals surface area contributed by atoms with E-state index in [-0.39, 0.29) is 0 Å². The van der Waals surface area contributed by atoms with E-state index in [0.29, 0.717) is 11.5 Å². The fourth-order valence-electron chi connectivity index (χ4n) is 4.73. The summed E-state index contributed by atoms with van der Waals surface area (Å²) in [6, 6.07) is 20.5. The molecule has 4 aromatic rings. The molecule has 0 aliphatic heterocycles. The van der Waals surface area contributed by atoms with Crippen LogP contribution in [-0.4, -0.2) is 16.0 Å². The fraction of sp³-hybridized carbons (Fsp3) is 0.346. The molecule has 3 nitrogen and oxygen atoms in total. The molecule has 0 unspecified atom stereocenters. The normalized spacial score (nSPS) is 17.2. The van der Waals surface area contributed by atoms with Gasteiger partial charge in [-0.05, 0) is 70.7 Å². The van der Waals surface area contributed by atoms with E-state index in [4.69, 9.17) is 0 Å². The third-order valence-corrected chi connectivity index (χ3v) is 6.67. The molecule has 1 saturated carbocycles. The number of fused-ring (bicyclic) bond motifs is 2. The van der Waals surface area contributed by atoms with Crippen LogP contribution in [0.5, 0.6) is 0 Å². The third-order valence-electron chi connectivity index (χ3n) is 6.67. The van der Waals surface area contributed by atoms with Crippen molar-refractivity contribution >= 4 is 21.8 Å². The zero-order valence-corrected chi connectivity index (χ0v) is 17.3. The van der Waals surface area contributed by atoms with Crippen molar-refractivity contribution in [1.82, 2.24) is 15.3 Å². The van der Waals surface area contributed by atoms with Crippen LogP contribution in [0.2, 0.25) is 0 Å². The summed E-state index contributed by atoms with van der Waals surface area (Å²) in [4.78, 5) is 7.57. The lowest BCUT2D eigenvalue weighted by Gasteiger charge is -2.34. The molecule has 1 fully saturated rings. The predicted molar refractivity (Wildman–Crippen MR) is 122 cm³/mol. The molecular weight excluding hydrogens is 354 g/mol. The third kappa shape index (κ3) is 3.67. The minimum atomic E-state index is 0.516. The highest BCUT2D eigenvalue weighted by Gasteiger charge is 2.26. The van der Waals surface area contributed by atoms with Gasteiger partial charge in [0.05, 0.1) is 17.4 Å². The summed E-state index contributed by atoms with van der Waals surface area (Å²) >= 11 is 0. The SMILES string of the molecule is CC1(C)CCC(NCc2ccc(-c3ccc4nc[nH]c4c3)c3ccccc23)CC1. The van der Waals surface area contributed by atoms with Crippen LogP contribution in [0.25, 0.3) is 32.9 Å². The lowest BCUT2D eigenvalue weighted by molar-refractivity contribution is 0.206. The Balaban J connectivity index is 1.44. The Kier molecular flexibility index (Phi) is 4.63. The molecule has 29 heavy (non-hydrogen) atoms. The summed E-state index contributed by atoms with van der Waals surface area (Å²) in [6.07, 6.45) is 6.97. The molecular formula is C26H29N3. The Morgan fingerprint density at radius 1 is 1.00 bits per heavy atom. The van der Waals surface area contributed by atoms with Gasteiger partial charge in [-0.2, -0.15) is 0 Å². The molecule has 3 aromatic carbocycles. The number of aromatic amines is 1. The number of rotatable bonds is 4. The quantitative estimate of drug-likeness (QED) is 0.426. The van der Waals surface area contributed by atoms with Gasteiger partial charge in [-0.15, -0.1) is 0 Å². The van der Waals surface area contributed by atoms with E-state index >= 15 is 0 Å². The average molecular weight is 384 g/mol. The average Bonchev–Trinajstić information content (AvgIpc) is 3.20. The van der Waals surface area contributed by atoms with E-state index in [2.05, 4.69) is 83.7 Å². The van der Waals surface area contributed by atoms with Crippen LogP contribution in [0.3, 0.4) is 0 Å². The number of nitrogens with zero attached hydrogens (tertiary/aromatic N) is 1. The number of H-pyrrole nitrogens is 1. The maximum atomic E-state index is 4.34. The number of hydrogen-bond donors (Lipinski definition) is 2. The second-order valence-electron chi connectivity index (χ2n) is 9.27. The van der Waals surface area contributed by atoms with E-state index in [1.54, 1.807) is 6.33 Å². The molecule has 2 N–H and O–H groups in total. The predicted octanol–water partition coefficient (Wildman–Crippen LogP) is 6.44. The zero-order valence-electron chi connectivity index (χ0n) is 17.3. The molecule has 0 radical (unpaired) electrons. The summed E-state index contributed by atoms with van der Waals surface area (Å²) < 4.78 is 0. The Morgan fingerprint density at radius 3 is 2.62 bits per heavy atom. The first kappa shape index (κ1) is 18.4. The van der Waals surface area contributed by atoms with Gasteiger partial charge in [0.15, 0.2) is 0 Å². The number of hydrogen-bond acceptors (Lipinski definition) is 2. The monoisotopic (exact) mass is 383 g/mol. The van der Waals surface area contributed by atoms with Crippen LogP contribution < -0.4 is 5.32 Å². The van der Waals surface area contributed by atoms with Gasteiger partial charge in [0.1, 0.15) is 0 Å². The Bertz CT molecular complexity index is 1150. The first-order chi connectivity index (χ1) is 14.1. The van der Waals surface area contributed by atoms with Crippen molar-refractivity contribution in [2.45, 2.75) is 52.1 Å². The molecule has 1 heterocycles. The maximum Gasteiger partial charge on any atom is 0.0931 e. The van der Waals surface area contributed by atoms with Crippen LogP contribution in [0.1, 0.15) is 45.1 Å². The smallest absolute Gasteiger partial charge is 0.0931 e. The van der Waals surface area contributed by atoms with Crippen molar-refractivity contribution in [3.05, 3.63) is 66.5 Å². The van der Waals surface area contributed by atoms with Gasteiger partial charge >= 0.3 is 0 Å². The summed E-state index contributed by atoms with van der Waals surface area (Å²) in [7, 11) is 0. The van der Waals surface area contributed by atoms with Gasteiger partial charge in [-0.25, -0.2) is 4.98 Å². The summed E-state index contributed by atoms with van der Waals surface area (Å²) in [5.41, 5.74) is 6.50. The number of benzene rings is 3. The molecule has 0 atom stereocenters. The second kappa shape index (κ2) is 7.31. The summed E-state index contributed by atoms with van der Waals surface area (Å²) in [6.45, 7) is 5.73. The van der Waals surface area contributed by atoms with Crippen LogP contribution >= 0.6 is 0 Å². The highest BCUT2D eigenvalue weighted by Crippen LogP contribution is 2.36. The molecule has 1 aliphatic carbocycles. The molecule has 0 amide bonds. The van der Waals surface area contributed by atoms with Crippen molar-refractivity contribution in [3.8, 4) is 11.1 Å². The first-order valence-electron chi connectivity index (χ1n) is 10.8. The molecule has 148 valence electrons. The minimum Gasteiger partial charge on any atom is -0.345 e. The highest BCUT2D eigenvalue weighted by molar-refractivity contribution is 5.99. The number of imidazole rings is 1. The Labute approximate surface area is 172 Å². The standard InChI is InChI=1S/C26H29N3/c1-26(2)13-11-20(12-14-26)27-16-19-7-9-22(23-6-4-3-5-21(19)23)18-8-10-24-25(15-18)29-17-28-24/h3-10,15,17,20,27H,11-14,16H2,1-2H3,(H,28,29). The van der Waals surface area contributed by atoms with Crippen molar-refractivity contribution in [2.24, 2.45) is 5.41 Å². The molecule has 0 spiro atoms.